The van der Waals surface area contributed by atoms with Crippen LogP contribution in [0.5, 0.6) is 0 Å². The molecule has 2 nitrogen and oxygen atoms in total. The van der Waals surface area contributed by atoms with Crippen molar-refractivity contribution in [2.45, 2.75) is 52.9 Å². The molecule has 0 saturated heterocycles. The predicted molar refractivity (Wildman–Crippen MR) is 90.5 cm³/mol. The Morgan fingerprint density at radius 1 is 1.05 bits per heavy atom. The number of aryl methyl sites for hydroxylation is 2. The third kappa shape index (κ3) is 5.96. The van der Waals surface area contributed by atoms with Crippen LogP contribution in [0, 0.1) is 19.8 Å². The van der Waals surface area contributed by atoms with Gasteiger partial charge in [0.25, 0.3) is 0 Å². The molecular formula is C18H32N2. The second kappa shape index (κ2) is 9.02. The van der Waals surface area contributed by atoms with Gasteiger partial charge in [0.1, 0.15) is 0 Å². The minimum absolute atomic E-state index is 0.817. The van der Waals surface area contributed by atoms with Crippen LogP contribution in [0.25, 0.3) is 0 Å². The molecule has 0 fully saturated rings. The topological polar surface area (TPSA) is 29.3 Å². The summed E-state index contributed by atoms with van der Waals surface area (Å²) in [5.41, 5.74) is 9.74. The monoisotopic (exact) mass is 276 g/mol. The number of rotatable bonds is 9. The molecule has 0 amide bonds. The average Bonchev–Trinajstić information content (AvgIpc) is 2.38. The van der Waals surface area contributed by atoms with Crippen molar-refractivity contribution in [2.24, 2.45) is 11.7 Å². The van der Waals surface area contributed by atoms with Crippen LogP contribution in [-0.2, 0) is 0 Å². The van der Waals surface area contributed by atoms with Crippen LogP contribution in [0.4, 0.5) is 5.69 Å². The number of hydrogen-bond donors (Lipinski definition) is 1. The normalized spacial score (nSPS) is 12.4. The van der Waals surface area contributed by atoms with Gasteiger partial charge in [0.05, 0.1) is 0 Å². The maximum Gasteiger partial charge on any atom is 0.0368 e. The summed E-state index contributed by atoms with van der Waals surface area (Å²) in [6.07, 6.45) is 6.34. The van der Waals surface area contributed by atoms with Crippen molar-refractivity contribution in [3.63, 3.8) is 0 Å². The summed E-state index contributed by atoms with van der Waals surface area (Å²) >= 11 is 0. The first-order valence-electron chi connectivity index (χ1n) is 8.06. The zero-order chi connectivity index (χ0) is 15.0. The zero-order valence-corrected chi connectivity index (χ0v) is 13.8. The van der Waals surface area contributed by atoms with Crippen molar-refractivity contribution >= 4 is 5.69 Å². The van der Waals surface area contributed by atoms with Gasteiger partial charge in [0.15, 0.2) is 0 Å². The van der Waals surface area contributed by atoms with E-state index in [9.17, 15) is 0 Å². The van der Waals surface area contributed by atoms with E-state index in [0.717, 1.165) is 19.0 Å². The Morgan fingerprint density at radius 2 is 1.70 bits per heavy atom. The van der Waals surface area contributed by atoms with E-state index in [1.165, 1.54) is 48.9 Å². The minimum Gasteiger partial charge on any atom is -0.375 e. The summed E-state index contributed by atoms with van der Waals surface area (Å²) in [4.78, 5) is 2.38. The first kappa shape index (κ1) is 17.0. The second-order valence-corrected chi connectivity index (χ2v) is 6.14. The smallest absolute Gasteiger partial charge is 0.0368 e. The highest BCUT2D eigenvalue weighted by atomic mass is 15.1. The quantitative estimate of drug-likeness (QED) is 0.729. The molecule has 20 heavy (non-hydrogen) atoms. The van der Waals surface area contributed by atoms with E-state index in [2.05, 4.69) is 50.9 Å². The third-order valence-electron chi connectivity index (χ3n) is 4.02. The Hall–Kier alpha value is -1.02. The van der Waals surface area contributed by atoms with Crippen LogP contribution >= 0.6 is 0 Å². The van der Waals surface area contributed by atoms with Gasteiger partial charge in [-0.3, -0.25) is 0 Å². The highest BCUT2D eigenvalue weighted by Crippen LogP contribution is 2.20. The van der Waals surface area contributed by atoms with Crippen molar-refractivity contribution < 1.29 is 0 Å². The number of hydrogen-bond acceptors (Lipinski definition) is 2. The Bertz CT molecular complexity index is 361. The Kier molecular flexibility index (Phi) is 7.68. The second-order valence-electron chi connectivity index (χ2n) is 6.14. The molecule has 1 aromatic rings. The van der Waals surface area contributed by atoms with E-state index < -0.39 is 0 Å². The SMILES string of the molecule is CCCC(CCN)CCCN(C)c1cc(C)cc(C)c1. The van der Waals surface area contributed by atoms with Crippen molar-refractivity contribution in [1.82, 2.24) is 0 Å². The molecule has 0 aliphatic heterocycles. The van der Waals surface area contributed by atoms with Crippen LogP contribution in [0.3, 0.4) is 0 Å². The van der Waals surface area contributed by atoms with E-state index >= 15 is 0 Å². The minimum atomic E-state index is 0.817. The lowest BCUT2D eigenvalue weighted by molar-refractivity contribution is 0.410. The molecule has 2 heteroatoms. The molecule has 2 N–H and O–H groups in total. The summed E-state index contributed by atoms with van der Waals surface area (Å²) in [5, 5.41) is 0. The van der Waals surface area contributed by atoms with Gasteiger partial charge >= 0.3 is 0 Å². The highest BCUT2D eigenvalue weighted by Gasteiger charge is 2.08. The maximum atomic E-state index is 5.71. The molecule has 0 aliphatic rings. The molecule has 0 saturated carbocycles. The van der Waals surface area contributed by atoms with Gasteiger partial charge in [-0.15, -0.1) is 0 Å². The summed E-state index contributed by atoms with van der Waals surface area (Å²) in [7, 11) is 2.20. The zero-order valence-electron chi connectivity index (χ0n) is 13.8. The first-order valence-corrected chi connectivity index (χ1v) is 8.06. The maximum absolute atomic E-state index is 5.71. The molecule has 0 radical (unpaired) electrons. The number of nitrogens with two attached hydrogens (primary N) is 1. The van der Waals surface area contributed by atoms with Gasteiger partial charge in [-0.2, -0.15) is 0 Å². The fraction of sp³-hybridized carbons (Fsp3) is 0.667. The molecule has 0 aromatic heterocycles. The molecular weight excluding hydrogens is 244 g/mol. The largest absolute Gasteiger partial charge is 0.375 e. The van der Waals surface area contributed by atoms with Gasteiger partial charge in [-0.25, -0.2) is 0 Å². The Balaban J connectivity index is 2.43. The summed E-state index contributed by atoms with van der Waals surface area (Å²) in [6, 6.07) is 6.78. The van der Waals surface area contributed by atoms with Crippen LogP contribution in [0.2, 0.25) is 0 Å². The lowest BCUT2D eigenvalue weighted by atomic mass is 9.94. The van der Waals surface area contributed by atoms with E-state index in [4.69, 9.17) is 5.73 Å². The van der Waals surface area contributed by atoms with Crippen molar-refractivity contribution in [1.29, 1.82) is 0 Å². The van der Waals surface area contributed by atoms with Gasteiger partial charge in [-0.05, 0) is 68.8 Å². The van der Waals surface area contributed by atoms with Gasteiger partial charge < -0.3 is 10.6 Å². The average molecular weight is 276 g/mol. The molecule has 1 rings (SSSR count). The Labute approximate surface area is 125 Å². The molecule has 1 unspecified atom stereocenters. The van der Waals surface area contributed by atoms with E-state index in [1.807, 2.05) is 0 Å². The fourth-order valence-electron chi connectivity index (χ4n) is 2.99. The summed E-state index contributed by atoms with van der Waals surface area (Å²) < 4.78 is 0. The van der Waals surface area contributed by atoms with Crippen molar-refractivity contribution in [3.8, 4) is 0 Å². The molecule has 0 bridgehead atoms. The highest BCUT2D eigenvalue weighted by molar-refractivity contribution is 5.50. The van der Waals surface area contributed by atoms with Crippen LogP contribution in [0.1, 0.15) is 50.2 Å². The van der Waals surface area contributed by atoms with Gasteiger partial charge in [0, 0.05) is 19.3 Å². The molecule has 1 aromatic carbocycles. The predicted octanol–water partition coefficient (Wildman–Crippen LogP) is 4.28. The molecule has 0 aliphatic carbocycles. The lowest BCUT2D eigenvalue weighted by Crippen LogP contribution is -2.20. The van der Waals surface area contributed by atoms with Gasteiger partial charge in [0.2, 0.25) is 0 Å². The molecule has 0 spiro atoms. The molecule has 0 heterocycles. The Morgan fingerprint density at radius 3 is 2.25 bits per heavy atom. The molecule has 1 atom stereocenters. The fourth-order valence-corrected chi connectivity index (χ4v) is 2.99. The summed E-state index contributed by atoms with van der Waals surface area (Å²) in [6.45, 7) is 8.57. The standard InChI is InChI=1S/C18H32N2/c1-5-7-17(9-10-19)8-6-11-20(4)18-13-15(2)12-16(3)14-18/h12-14,17H,5-11,19H2,1-4H3. The number of anilines is 1. The van der Waals surface area contributed by atoms with Crippen LogP contribution in [-0.4, -0.2) is 20.1 Å². The van der Waals surface area contributed by atoms with Gasteiger partial charge in [-0.1, -0.05) is 25.8 Å². The lowest BCUT2D eigenvalue weighted by Gasteiger charge is -2.22. The third-order valence-corrected chi connectivity index (χ3v) is 4.02. The molecule has 114 valence electrons. The van der Waals surface area contributed by atoms with Crippen LogP contribution < -0.4 is 10.6 Å². The van der Waals surface area contributed by atoms with E-state index in [1.54, 1.807) is 0 Å². The van der Waals surface area contributed by atoms with Crippen LogP contribution in [0.15, 0.2) is 18.2 Å². The summed E-state index contributed by atoms with van der Waals surface area (Å²) in [5.74, 6) is 0.817. The first-order chi connectivity index (χ1) is 9.56. The number of nitrogens with zero attached hydrogens (tertiary/aromatic N) is 1. The van der Waals surface area contributed by atoms with E-state index in [-0.39, 0.29) is 0 Å². The number of benzene rings is 1. The van der Waals surface area contributed by atoms with Crippen molar-refractivity contribution in [3.05, 3.63) is 29.3 Å². The van der Waals surface area contributed by atoms with Crippen molar-refractivity contribution in [2.75, 3.05) is 25.0 Å². The van der Waals surface area contributed by atoms with E-state index in [0.29, 0.717) is 0 Å².